The van der Waals surface area contributed by atoms with Crippen LogP contribution in [0.3, 0.4) is 0 Å². The minimum Gasteiger partial charge on any atom is -0.354 e. The summed E-state index contributed by atoms with van der Waals surface area (Å²) in [5, 5.41) is 6.44. The molecule has 4 heteroatoms. The smallest absolute Gasteiger partial charge is 0.237 e. The SMILES string of the molecule is CNC1CCCN(C(C)C(=O)NCC(C)c2ccccc2)C1. The number of likely N-dealkylation sites (tertiary alicyclic amines) is 1. The first-order valence-corrected chi connectivity index (χ1v) is 8.35. The van der Waals surface area contributed by atoms with Crippen LogP contribution < -0.4 is 10.6 Å². The predicted molar refractivity (Wildman–Crippen MR) is 91.0 cm³/mol. The fourth-order valence-corrected chi connectivity index (χ4v) is 3.06. The number of benzene rings is 1. The lowest BCUT2D eigenvalue weighted by molar-refractivity contribution is -0.126. The summed E-state index contributed by atoms with van der Waals surface area (Å²) in [6, 6.07) is 10.8. The van der Waals surface area contributed by atoms with Crippen LogP contribution in [0.4, 0.5) is 0 Å². The predicted octanol–water partition coefficient (Wildman–Crippen LogP) is 1.98. The molecule has 2 rings (SSSR count). The van der Waals surface area contributed by atoms with Crippen molar-refractivity contribution in [1.82, 2.24) is 15.5 Å². The highest BCUT2D eigenvalue weighted by Gasteiger charge is 2.26. The number of carbonyl (C=O) groups is 1. The normalized spacial score (nSPS) is 22.0. The second-order valence-electron chi connectivity index (χ2n) is 6.36. The van der Waals surface area contributed by atoms with E-state index in [1.807, 2.05) is 32.2 Å². The number of likely N-dealkylation sites (N-methyl/N-ethyl adjacent to an activating group) is 1. The van der Waals surface area contributed by atoms with Gasteiger partial charge in [-0.15, -0.1) is 0 Å². The highest BCUT2D eigenvalue weighted by Crippen LogP contribution is 2.15. The second kappa shape index (κ2) is 8.30. The summed E-state index contributed by atoms with van der Waals surface area (Å²) >= 11 is 0. The molecule has 4 nitrogen and oxygen atoms in total. The number of carbonyl (C=O) groups excluding carboxylic acids is 1. The molecular weight excluding hydrogens is 274 g/mol. The van der Waals surface area contributed by atoms with Gasteiger partial charge >= 0.3 is 0 Å². The largest absolute Gasteiger partial charge is 0.354 e. The van der Waals surface area contributed by atoms with Crippen molar-refractivity contribution in [3.63, 3.8) is 0 Å². The number of nitrogens with zero attached hydrogens (tertiary/aromatic N) is 1. The number of piperidine rings is 1. The van der Waals surface area contributed by atoms with Gasteiger partial charge in [0, 0.05) is 19.1 Å². The topological polar surface area (TPSA) is 44.4 Å². The van der Waals surface area contributed by atoms with E-state index >= 15 is 0 Å². The Morgan fingerprint density at radius 3 is 2.73 bits per heavy atom. The number of hydrogen-bond donors (Lipinski definition) is 2. The molecule has 1 fully saturated rings. The third-order valence-corrected chi connectivity index (χ3v) is 4.74. The number of amides is 1. The standard InChI is InChI=1S/C18H29N3O/c1-14(16-8-5-4-6-9-16)12-20-18(22)15(2)21-11-7-10-17(13-21)19-3/h4-6,8-9,14-15,17,19H,7,10-13H2,1-3H3,(H,20,22). The van der Waals surface area contributed by atoms with E-state index in [0.29, 0.717) is 18.5 Å². The van der Waals surface area contributed by atoms with Gasteiger partial charge in [-0.3, -0.25) is 9.69 Å². The lowest BCUT2D eigenvalue weighted by atomic mass is 10.0. The van der Waals surface area contributed by atoms with Crippen LogP contribution in [0.2, 0.25) is 0 Å². The molecule has 1 saturated heterocycles. The molecule has 3 unspecified atom stereocenters. The van der Waals surface area contributed by atoms with E-state index in [0.717, 1.165) is 19.5 Å². The van der Waals surface area contributed by atoms with Crippen molar-refractivity contribution in [3.05, 3.63) is 35.9 Å². The van der Waals surface area contributed by atoms with Gasteiger partial charge in [0.2, 0.25) is 5.91 Å². The fraction of sp³-hybridized carbons (Fsp3) is 0.611. The molecule has 1 aliphatic heterocycles. The van der Waals surface area contributed by atoms with Crippen molar-refractivity contribution in [2.45, 2.75) is 44.7 Å². The molecule has 0 saturated carbocycles. The van der Waals surface area contributed by atoms with Crippen LogP contribution >= 0.6 is 0 Å². The minimum atomic E-state index is -0.0564. The average Bonchev–Trinajstić information content (AvgIpc) is 2.59. The summed E-state index contributed by atoms with van der Waals surface area (Å²) in [5.74, 6) is 0.475. The average molecular weight is 303 g/mol. The summed E-state index contributed by atoms with van der Waals surface area (Å²) in [7, 11) is 2.00. The Bertz CT molecular complexity index is 463. The van der Waals surface area contributed by atoms with E-state index in [-0.39, 0.29) is 11.9 Å². The highest BCUT2D eigenvalue weighted by atomic mass is 16.2. The molecule has 1 aromatic rings. The van der Waals surface area contributed by atoms with Crippen LogP contribution in [-0.2, 0) is 4.79 Å². The van der Waals surface area contributed by atoms with Crippen LogP contribution in [0.5, 0.6) is 0 Å². The molecule has 0 aliphatic carbocycles. The first-order valence-electron chi connectivity index (χ1n) is 8.35. The number of hydrogen-bond acceptors (Lipinski definition) is 3. The summed E-state index contributed by atoms with van der Waals surface area (Å²) < 4.78 is 0. The van der Waals surface area contributed by atoms with Crippen molar-refractivity contribution in [2.24, 2.45) is 0 Å². The van der Waals surface area contributed by atoms with Gasteiger partial charge in [-0.25, -0.2) is 0 Å². The lowest BCUT2D eigenvalue weighted by Crippen LogP contribution is -2.53. The van der Waals surface area contributed by atoms with E-state index in [4.69, 9.17) is 0 Å². The van der Waals surface area contributed by atoms with Gasteiger partial charge in [0.25, 0.3) is 0 Å². The summed E-state index contributed by atoms with van der Waals surface area (Å²) in [6.45, 7) is 6.83. The third kappa shape index (κ3) is 4.55. The van der Waals surface area contributed by atoms with Crippen molar-refractivity contribution in [2.75, 3.05) is 26.7 Å². The van der Waals surface area contributed by atoms with E-state index in [1.54, 1.807) is 0 Å². The van der Waals surface area contributed by atoms with E-state index < -0.39 is 0 Å². The Kier molecular flexibility index (Phi) is 6.40. The lowest BCUT2D eigenvalue weighted by Gasteiger charge is -2.36. The molecule has 1 heterocycles. The molecule has 1 amide bonds. The van der Waals surface area contributed by atoms with Crippen molar-refractivity contribution in [3.8, 4) is 0 Å². The zero-order chi connectivity index (χ0) is 15.9. The minimum absolute atomic E-state index is 0.0564. The fourth-order valence-electron chi connectivity index (χ4n) is 3.06. The van der Waals surface area contributed by atoms with Gasteiger partial charge in [0.1, 0.15) is 0 Å². The first-order chi connectivity index (χ1) is 10.6. The van der Waals surface area contributed by atoms with Gasteiger partial charge < -0.3 is 10.6 Å². The Morgan fingerprint density at radius 1 is 1.32 bits per heavy atom. The zero-order valence-electron chi connectivity index (χ0n) is 14.0. The second-order valence-corrected chi connectivity index (χ2v) is 6.36. The molecule has 0 spiro atoms. The Morgan fingerprint density at radius 2 is 2.05 bits per heavy atom. The monoisotopic (exact) mass is 303 g/mol. The molecule has 3 atom stereocenters. The number of nitrogens with one attached hydrogen (secondary N) is 2. The van der Waals surface area contributed by atoms with Gasteiger partial charge in [-0.1, -0.05) is 37.3 Å². The highest BCUT2D eigenvalue weighted by molar-refractivity contribution is 5.81. The molecule has 1 aliphatic rings. The van der Waals surface area contributed by atoms with Crippen LogP contribution in [0.1, 0.15) is 38.2 Å². The maximum absolute atomic E-state index is 12.4. The summed E-state index contributed by atoms with van der Waals surface area (Å²) in [6.07, 6.45) is 2.36. The molecule has 0 aromatic heterocycles. The van der Waals surface area contributed by atoms with E-state index in [2.05, 4.69) is 34.6 Å². The zero-order valence-corrected chi connectivity index (χ0v) is 14.0. The Balaban J connectivity index is 1.81. The Labute approximate surface area is 134 Å². The summed E-state index contributed by atoms with van der Waals surface area (Å²) in [4.78, 5) is 14.7. The maximum Gasteiger partial charge on any atom is 0.237 e. The van der Waals surface area contributed by atoms with Gasteiger partial charge in [-0.2, -0.15) is 0 Å². The van der Waals surface area contributed by atoms with Crippen molar-refractivity contribution < 1.29 is 4.79 Å². The Hall–Kier alpha value is -1.39. The molecule has 0 radical (unpaired) electrons. The van der Waals surface area contributed by atoms with E-state index in [1.165, 1.54) is 12.0 Å². The van der Waals surface area contributed by atoms with Gasteiger partial charge in [0.05, 0.1) is 6.04 Å². The van der Waals surface area contributed by atoms with Crippen LogP contribution in [0, 0.1) is 0 Å². The van der Waals surface area contributed by atoms with Gasteiger partial charge in [-0.05, 0) is 44.8 Å². The van der Waals surface area contributed by atoms with Crippen LogP contribution in [0.15, 0.2) is 30.3 Å². The van der Waals surface area contributed by atoms with Gasteiger partial charge in [0.15, 0.2) is 0 Å². The third-order valence-electron chi connectivity index (χ3n) is 4.74. The maximum atomic E-state index is 12.4. The van der Waals surface area contributed by atoms with Crippen molar-refractivity contribution in [1.29, 1.82) is 0 Å². The van der Waals surface area contributed by atoms with Crippen LogP contribution in [0.25, 0.3) is 0 Å². The van der Waals surface area contributed by atoms with Crippen LogP contribution in [-0.4, -0.2) is 49.6 Å². The first kappa shape index (κ1) is 17.0. The molecule has 1 aromatic carbocycles. The quantitative estimate of drug-likeness (QED) is 0.844. The molecule has 122 valence electrons. The molecule has 0 bridgehead atoms. The molecule has 2 N–H and O–H groups in total. The molecular formula is C18H29N3O. The number of rotatable bonds is 6. The van der Waals surface area contributed by atoms with Crippen molar-refractivity contribution >= 4 is 5.91 Å². The summed E-state index contributed by atoms with van der Waals surface area (Å²) in [5.41, 5.74) is 1.27. The molecule has 22 heavy (non-hydrogen) atoms. The van der Waals surface area contributed by atoms with E-state index in [9.17, 15) is 4.79 Å².